The Labute approximate surface area is 142 Å². The van der Waals surface area contributed by atoms with Crippen molar-refractivity contribution in [2.75, 3.05) is 0 Å². The van der Waals surface area contributed by atoms with Crippen LogP contribution in [0.4, 0.5) is 0 Å². The lowest BCUT2D eigenvalue weighted by Gasteiger charge is -2.18. The van der Waals surface area contributed by atoms with Crippen LogP contribution in [0.2, 0.25) is 0 Å². The highest BCUT2D eigenvalue weighted by Crippen LogP contribution is 2.22. The molecule has 1 rings (SSSR count). The number of allylic oxidation sites excluding steroid dienone is 4. The third kappa shape index (κ3) is 8.24. The van der Waals surface area contributed by atoms with Crippen LogP contribution in [0.15, 0.2) is 23.0 Å². The molecule has 1 unspecified atom stereocenters. The van der Waals surface area contributed by atoms with Crippen molar-refractivity contribution < 1.29 is 9.90 Å². The summed E-state index contributed by atoms with van der Waals surface area (Å²) < 4.78 is 0. The molecule has 1 aliphatic heterocycles. The summed E-state index contributed by atoms with van der Waals surface area (Å²) in [6.45, 7) is 6.41. The Kier molecular flexibility index (Phi) is 9.74. The predicted octanol–water partition coefficient (Wildman–Crippen LogP) is 5.78. The van der Waals surface area contributed by atoms with Gasteiger partial charge in [-0.15, -0.1) is 0 Å². The Morgan fingerprint density at radius 1 is 1.13 bits per heavy atom. The molecule has 0 radical (unpaired) electrons. The van der Waals surface area contributed by atoms with Gasteiger partial charge in [0.05, 0.1) is 5.92 Å². The van der Waals surface area contributed by atoms with Crippen LogP contribution in [0.25, 0.3) is 0 Å². The average molecular weight is 322 g/mol. The van der Waals surface area contributed by atoms with Gasteiger partial charge in [0.1, 0.15) is 0 Å². The highest BCUT2D eigenvalue weighted by Gasteiger charge is 2.15. The maximum absolute atomic E-state index is 11.2. The van der Waals surface area contributed by atoms with Gasteiger partial charge in [-0.3, -0.25) is 4.79 Å². The lowest BCUT2D eigenvalue weighted by molar-refractivity contribution is -0.142. The number of hydrogen-bond acceptors (Lipinski definition) is 2. The van der Waals surface area contributed by atoms with E-state index in [2.05, 4.69) is 32.2 Å². The third-order valence-corrected chi connectivity index (χ3v) is 4.86. The van der Waals surface area contributed by atoms with Gasteiger partial charge in [0.15, 0.2) is 0 Å². The van der Waals surface area contributed by atoms with Crippen molar-refractivity contribution in [1.82, 2.24) is 5.32 Å². The van der Waals surface area contributed by atoms with Crippen molar-refractivity contribution in [2.45, 2.75) is 91.4 Å². The first kappa shape index (κ1) is 19.8. The summed E-state index contributed by atoms with van der Waals surface area (Å²) in [5.41, 5.74) is 4.15. The van der Waals surface area contributed by atoms with Crippen LogP contribution in [-0.4, -0.2) is 11.1 Å². The molecule has 0 saturated carbocycles. The fourth-order valence-electron chi connectivity index (χ4n) is 3.26. The van der Waals surface area contributed by atoms with Gasteiger partial charge in [-0.2, -0.15) is 0 Å². The number of nitrogens with one attached hydrogen (secondary N) is 1. The maximum Gasteiger partial charge on any atom is 0.306 e. The smallest absolute Gasteiger partial charge is 0.306 e. The zero-order valence-electron chi connectivity index (χ0n) is 15.3. The van der Waals surface area contributed by atoms with Crippen LogP contribution in [-0.2, 0) is 4.79 Å². The minimum absolute atomic E-state index is 0.119. The zero-order valence-corrected chi connectivity index (χ0v) is 15.3. The molecule has 0 aliphatic carbocycles. The normalized spacial score (nSPS) is 16.0. The molecule has 0 aromatic carbocycles. The summed E-state index contributed by atoms with van der Waals surface area (Å²) in [5, 5.41) is 12.6. The number of carboxylic acid groups (broad SMARTS) is 1. The van der Waals surface area contributed by atoms with Gasteiger partial charge >= 0.3 is 5.97 Å². The number of unbranched alkanes of at least 4 members (excludes halogenated alkanes) is 5. The molecule has 0 saturated heterocycles. The molecule has 0 bridgehead atoms. The van der Waals surface area contributed by atoms with Crippen molar-refractivity contribution >= 4 is 5.97 Å². The van der Waals surface area contributed by atoms with Gasteiger partial charge in [0.25, 0.3) is 0 Å². The maximum atomic E-state index is 11.2. The summed E-state index contributed by atoms with van der Waals surface area (Å²) in [4.78, 5) is 11.2. The molecule has 3 nitrogen and oxygen atoms in total. The zero-order chi connectivity index (χ0) is 17.1. The summed E-state index contributed by atoms with van der Waals surface area (Å²) in [6, 6.07) is 0. The summed E-state index contributed by atoms with van der Waals surface area (Å²) in [7, 11) is 0. The largest absolute Gasteiger partial charge is 0.481 e. The second-order valence-electron chi connectivity index (χ2n) is 6.93. The molecule has 3 heteroatoms. The third-order valence-electron chi connectivity index (χ3n) is 4.86. The molecule has 0 spiro atoms. The minimum atomic E-state index is -0.603. The lowest BCUT2D eigenvalue weighted by Crippen LogP contribution is -2.14. The summed E-state index contributed by atoms with van der Waals surface area (Å²) in [6.07, 6.45) is 14.4. The van der Waals surface area contributed by atoms with Crippen molar-refractivity contribution in [3.8, 4) is 0 Å². The molecule has 0 fully saturated rings. The van der Waals surface area contributed by atoms with E-state index in [0.717, 1.165) is 38.5 Å². The van der Waals surface area contributed by atoms with E-state index in [0.29, 0.717) is 0 Å². The molecule has 1 heterocycles. The van der Waals surface area contributed by atoms with E-state index >= 15 is 0 Å². The first-order valence-corrected chi connectivity index (χ1v) is 9.39. The van der Waals surface area contributed by atoms with E-state index in [4.69, 9.17) is 0 Å². The van der Waals surface area contributed by atoms with E-state index in [9.17, 15) is 9.90 Å². The van der Waals surface area contributed by atoms with Gasteiger partial charge in [-0.05, 0) is 51.5 Å². The van der Waals surface area contributed by atoms with Gasteiger partial charge < -0.3 is 10.4 Å². The fourth-order valence-corrected chi connectivity index (χ4v) is 3.26. The highest BCUT2D eigenvalue weighted by molar-refractivity contribution is 5.69. The van der Waals surface area contributed by atoms with E-state index in [1.807, 2.05) is 0 Å². The average Bonchev–Trinajstić information content (AvgIpc) is 2.50. The molecule has 0 aromatic rings. The quantitative estimate of drug-likeness (QED) is 0.448. The van der Waals surface area contributed by atoms with Crippen molar-refractivity contribution in [2.24, 2.45) is 5.92 Å². The second kappa shape index (κ2) is 11.3. The van der Waals surface area contributed by atoms with E-state index in [-0.39, 0.29) is 5.92 Å². The molecular formula is C20H35NO2. The molecular weight excluding hydrogens is 286 g/mol. The highest BCUT2D eigenvalue weighted by atomic mass is 16.4. The molecule has 0 aromatic heterocycles. The SMILES string of the molecule is CCCCC(CCCCCCCC1=C(C)NC(C)=CC1)C(=O)O. The van der Waals surface area contributed by atoms with Gasteiger partial charge in [0, 0.05) is 11.4 Å². The lowest BCUT2D eigenvalue weighted by atomic mass is 9.94. The van der Waals surface area contributed by atoms with E-state index < -0.39 is 5.97 Å². The van der Waals surface area contributed by atoms with Crippen LogP contribution in [0.3, 0.4) is 0 Å². The first-order valence-electron chi connectivity index (χ1n) is 9.39. The van der Waals surface area contributed by atoms with Crippen LogP contribution < -0.4 is 5.32 Å². The predicted molar refractivity (Wildman–Crippen MR) is 97.2 cm³/mol. The number of rotatable bonds is 12. The Morgan fingerprint density at radius 2 is 1.78 bits per heavy atom. The Bertz CT molecular complexity index is 423. The molecule has 132 valence electrons. The molecule has 0 amide bonds. The monoisotopic (exact) mass is 321 g/mol. The summed E-state index contributed by atoms with van der Waals surface area (Å²) in [5.74, 6) is -0.722. The molecule has 1 aliphatic rings. The van der Waals surface area contributed by atoms with E-state index in [1.54, 1.807) is 5.57 Å². The second-order valence-corrected chi connectivity index (χ2v) is 6.93. The van der Waals surface area contributed by atoms with Gasteiger partial charge in [-0.1, -0.05) is 51.5 Å². The number of carboxylic acids is 1. The van der Waals surface area contributed by atoms with Crippen molar-refractivity contribution in [1.29, 1.82) is 0 Å². The molecule has 1 atom stereocenters. The Balaban J connectivity index is 2.07. The number of dihydropyridines is 1. The van der Waals surface area contributed by atoms with Gasteiger partial charge in [0.2, 0.25) is 0 Å². The standard InChI is InChI=1S/C20H35NO2/c1-4-5-11-19(20(22)23)13-10-8-6-7-9-12-18-15-14-16(2)21-17(18)3/h14,19,21H,4-13,15H2,1-3H3,(H,22,23). The summed E-state index contributed by atoms with van der Waals surface area (Å²) >= 11 is 0. The first-order chi connectivity index (χ1) is 11.0. The number of carbonyl (C=O) groups is 1. The van der Waals surface area contributed by atoms with E-state index in [1.165, 1.54) is 43.5 Å². The Morgan fingerprint density at radius 3 is 2.43 bits per heavy atom. The number of aliphatic carboxylic acids is 1. The molecule has 23 heavy (non-hydrogen) atoms. The topological polar surface area (TPSA) is 49.3 Å². The molecule has 2 N–H and O–H groups in total. The van der Waals surface area contributed by atoms with Crippen LogP contribution >= 0.6 is 0 Å². The number of hydrogen-bond donors (Lipinski definition) is 2. The van der Waals surface area contributed by atoms with Crippen LogP contribution in [0.5, 0.6) is 0 Å². The van der Waals surface area contributed by atoms with Crippen molar-refractivity contribution in [3.05, 3.63) is 23.0 Å². The van der Waals surface area contributed by atoms with Crippen LogP contribution in [0, 0.1) is 5.92 Å². The Hall–Kier alpha value is -1.25. The minimum Gasteiger partial charge on any atom is -0.481 e. The van der Waals surface area contributed by atoms with Crippen molar-refractivity contribution in [3.63, 3.8) is 0 Å². The fraction of sp³-hybridized carbons (Fsp3) is 0.750. The van der Waals surface area contributed by atoms with Crippen LogP contribution in [0.1, 0.15) is 91.4 Å². The van der Waals surface area contributed by atoms with Gasteiger partial charge in [-0.25, -0.2) is 0 Å².